The molecule has 1 unspecified atom stereocenters. The molecular formula is C22H28O3. The van der Waals surface area contributed by atoms with E-state index >= 15 is 0 Å². The van der Waals surface area contributed by atoms with E-state index in [2.05, 4.69) is 19.1 Å². The van der Waals surface area contributed by atoms with Gasteiger partial charge in [0.1, 0.15) is 11.5 Å². The third-order valence-electron chi connectivity index (χ3n) is 4.33. The second-order valence-corrected chi connectivity index (χ2v) is 6.32. The molecule has 3 heteroatoms. The third-order valence-corrected chi connectivity index (χ3v) is 4.33. The molecule has 0 bridgehead atoms. The lowest BCUT2D eigenvalue weighted by atomic mass is 10.0. The zero-order valence-corrected chi connectivity index (χ0v) is 15.4. The Morgan fingerprint density at radius 3 is 1.84 bits per heavy atom. The summed E-state index contributed by atoms with van der Waals surface area (Å²) in [6, 6.07) is 16.2. The van der Waals surface area contributed by atoms with Gasteiger partial charge in [-0.2, -0.15) is 0 Å². The number of rotatable bonds is 9. The van der Waals surface area contributed by atoms with Gasteiger partial charge in [-0.25, -0.2) is 0 Å². The van der Waals surface area contributed by atoms with E-state index in [1.54, 1.807) is 14.2 Å². The number of hydrogen-bond donors (Lipinski definition) is 1. The molecule has 0 aliphatic rings. The SMILES string of the molecule is COc1ccc(CC/C(C)=C\C(O)CCc2ccc(OC)cc2)cc1. The van der Waals surface area contributed by atoms with Crippen LogP contribution in [-0.2, 0) is 12.8 Å². The Labute approximate surface area is 150 Å². The van der Waals surface area contributed by atoms with Crippen molar-refractivity contribution in [2.24, 2.45) is 0 Å². The molecule has 2 aromatic carbocycles. The molecule has 0 radical (unpaired) electrons. The van der Waals surface area contributed by atoms with Gasteiger partial charge in [-0.15, -0.1) is 0 Å². The molecule has 0 aromatic heterocycles. The van der Waals surface area contributed by atoms with E-state index in [1.807, 2.05) is 42.5 Å². The van der Waals surface area contributed by atoms with E-state index in [-0.39, 0.29) is 0 Å². The highest BCUT2D eigenvalue weighted by molar-refractivity contribution is 5.28. The molecule has 134 valence electrons. The molecule has 0 saturated carbocycles. The minimum atomic E-state index is -0.405. The van der Waals surface area contributed by atoms with Crippen LogP contribution >= 0.6 is 0 Å². The van der Waals surface area contributed by atoms with Crippen LogP contribution in [0.15, 0.2) is 60.2 Å². The summed E-state index contributed by atoms with van der Waals surface area (Å²) in [6.45, 7) is 2.08. The third kappa shape index (κ3) is 6.63. The lowest BCUT2D eigenvalue weighted by molar-refractivity contribution is 0.212. The van der Waals surface area contributed by atoms with Crippen LogP contribution in [-0.4, -0.2) is 25.4 Å². The summed E-state index contributed by atoms with van der Waals surface area (Å²) >= 11 is 0. The Morgan fingerprint density at radius 2 is 1.36 bits per heavy atom. The van der Waals surface area contributed by atoms with Gasteiger partial charge in [0.25, 0.3) is 0 Å². The maximum atomic E-state index is 10.2. The van der Waals surface area contributed by atoms with Crippen molar-refractivity contribution in [2.75, 3.05) is 14.2 Å². The van der Waals surface area contributed by atoms with Gasteiger partial charge in [-0.3, -0.25) is 0 Å². The van der Waals surface area contributed by atoms with E-state index in [9.17, 15) is 5.11 Å². The van der Waals surface area contributed by atoms with Crippen molar-refractivity contribution in [3.8, 4) is 11.5 Å². The standard InChI is InChI=1S/C22H28O3/c1-17(4-5-18-7-12-21(24-2)13-8-18)16-20(23)11-6-19-9-14-22(25-3)15-10-19/h7-10,12-16,20,23H,4-6,11H2,1-3H3/b17-16-. The van der Waals surface area contributed by atoms with Crippen LogP contribution in [0.3, 0.4) is 0 Å². The molecule has 0 amide bonds. The van der Waals surface area contributed by atoms with Crippen LogP contribution in [0.25, 0.3) is 0 Å². The van der Waals surface area contributed by atoms with Crippen LogP contribution < -0.4 is 9.47 Å². The second kappa shape index (κ2) is 9.90. The molecule has 0 saturated heterocycles. The molecule has 0 spiro atoms. The van der Waals surface area contributed by atoms with Gasteiger partial charge in [0.05, 0.1) is 20.3 Å². The number of hydrogen-bond acceptors (Lipinski definition) is 3. The minimum absolute atomic E-state index is 0.405. The summed E-state index contributed by atoms with van der Waals surface area (Å²) < 4.78 is 10.3. The number of ether oxygens (including phenoxy) is 2. The number of aliphatic hydroxyl groups is 1. The highest BCUT2D eigenvalue weighted by atomic mass is 16.5. The topological polar surface area (TPSA) is 38.7 Å². The molecule has 0 aliphatic carbocycles. The number of allylic oxidation sites excluding steroid dienone is 1. The predicted octanol–water partition coefficient (Wildman–Crippen LogP) is 4.58. The maximum Gasteiger partial charge on any atom is 0.118 e. The second-order valence-electron chi connectivity index (χ2n) is 6.32. The number of methoxy groups -OCH3 is 2. The summed E-state index contributed by atoms with van der Waals surface area (Å²) in [6.07, 6.45) is 5.08. The molecule has 0 fully saturated rings. The van der Waals surface area contributed by atoms with Crippen molar-refractivity contribution >= 4 is 0 Å². The lowest BCUT2D eigenvalue weighted by Gasteiger charge is -2.09. The van der Waals surface area contributed by atoms with Crippen LogP contribution in [0.2, 0.25) is 0 Å². The first kappa shape index (κ1) is 19.1. The lowest BCUT2D eigenvalue weighted by Crippen LogP contribution is -2.05. The van der Waals surface area contributed by atoms with Gasteiger partial charge < -0.3 is 14.6 Å². The van der Waals surface area contributed by atoms with Gasteiger partial charge in [-0.1, -0.05) is 35.9 Å². The van der Waals surface area contributed by atoms with Gasteiger partial charge in [0.15, 0.2) is 0 Å². The van der Waals surface area contributed by atoms with E-state index in [0.717, 1.165) is 37.2 Å². The smallest absolute Gasteiger partial charge is 0.118 e. The Bertz CT molecular complexity index is 657. The van der Waals surface area contributed by atoms with Crippen LogP contribution in [0.5, 0.6) is 11.5 Å². The summed E-state index contributed by atoms with van der Waals surface area (Å²) in [5.74, 6) is 1.74. The molecule has 3 nitrogen and oxygen atoms in total. The number of aryl methyl sites for hydroxylation is 2. The maximum absolute atomic E-state index is 10.2. The number of benzene rings is 2. The first-order valence-electron chi connectivity index (χ1n) is 8.72. The van der Waals surface area contributed by atoms with Crippen molar-refractivity contribution < 1.29 is 14.6 Å². The van der Waals surface area contributed by atoms with Crippen LogP contribution in [0, 0.1) is 0 Å². The summed E-state index contributed by atoms with van der Waals surface area (Å²) in [5, 5.41) is 10.2. The van der Waals surface area contributed by atoms with Crippen LogP contribution in [0.1, 0.15) is 30.9 Å². The monoisotopic (exact) mass is 340 g/mol. The molecular weight excluding hydrogens is 312 g/mol. The minimum Gasteiger partial charge on any atom is -0.497 e. The molecule has 0 aliphatic heterocycles. The summed E-state index contributed by atoms with van der Waals surface area (Å²) in [7, 11) is 3.34. The molecule has 0 heterocycles. The number of aliphatic hydroxyl groups excluding tert-OH is 1. The molecule has 1 atom stereocenters. The largest absolute Gasteiger partial charge is 0.497 e. The van der Waals surface area contributed by atoms with Crippen molar-refractivity contribution in [1.29, 1.82) is 0 Å². The van der Waals surface area contributed by atoms with Crippen molar-refractivity contribution in [1.82, 2.24) is 0 Å². The fourth-order valence-corrected chi connectivity index (χ4v) is 2.74. The zero-order valence-electron chi connectivity index (χ0n) is 15.4. The molecule has 2 aromatic rings. The van der Waals surface area contributed by atoms with Crippen molar-refractivity contribution in [3.63, 3.8) is 0 Å². The van der Waals surface area contributed by atoms with Crippen LogP contribution in [0.4, 0.5) is 0 Å². The predicted molar refractivity (Wildman–Crippen MR) is 102 cm³/mol. The van der Waals surface area contributed by atoms with E-state index in [1.165, 1.54) is 16.7 Å². The summed E-state index contributed by atoms with van der Waals surface area (Å²) in [5.41, 5.74) is 3.71. The van der Waals surface area contributed by atoms with E-state index in [4.69, 9.17) is 9.47 Å². The fourth-order valence-electron chi connectivity index (χ4n) is 2.74. The molecule has 25 heavy (non-hydrogen) atoms. The first-order chi connectivity index (χ1) is 12.1. The van der Waals surface area contributed by atoms with Gasteiger partial charge in [-0.05, 0) is 68.0 Å². The molecule has 1 N–H and O–H groups in total. The highest BCUT2D eigenvalue weighted by Crippen LogP contribution is 2.16. The summed E-state index contributed by atoms with van der Waals surface area (Å²) in [4.78, 5) is 0. The van der Waals surface area contributed by atoms with Gasteiger partial charge in [0.2, 0.25) is 0 Å². The quantitative estimate of drug-likeness (QED) is 0.679. The molecule has 2 rings (SSSR count). The Balaban J connectivity index is 1.77. The van der Waals surface area contributed by atoms with Crippen molar-refractivity contribution in [3.05, 3.63) is 71.3 Å². The Kier molecular flexibility index (Phi) is 7.55. The Morgan fingerprint density at radius 1 is 0.880 bits per heavy atom. The average Bonchev–Trinajstić information content (AvgIpc) is 2.65. The van der Waals surface area contributed by atoms with E-state index in [0.29, 0.717) is 0 Å². The first-order valence-corrected chi connectivity index (χ1v) is 8.72. The van der Waals surface area contributed by atoms with Gasteiger partial charge in [0, 0.05) is 0 Å². The highest BCUT2D eigenvalue weighted by Gasteiger charge is 2.04. The zero-order chi connectivity index (χ0) is 18.1. The normalized spacial score (nSPS) is 12.7. The Hall–Kier alpha value is -2.26. The van der Waals surface area contributed by atoms with Gasteiger partial charge >= 0.3 is 0 Å². The van der Waals surface area contributed by atoms with E-state index < -0.39 is 6.10 Å². The van der Waals surface area contributed by atoms with Crippen molar-refractivity contribution in [2.45, 2.75) is 38.7 Å². The fraction of sp³-hybridized carbons (Fsp3) is 0.364. The average molecular weight is 340 g/mol.